The van der Waals surface area contributed by atoms with Crippen LogP contribution in [-0.4, -0.2) is 5.71 Å². The topological polar surface area (TPSA) is 12.4 Å². The lowest BCUT2D eigenvalue weighted by atomic mass is 9.79. The summed E-state index contributed by atoms with van der Waals surface area (Å²) in [7, 11) is 0. The van der Waals surface area contributed by atoms with Gasteiger partial charge in [0.05, 0.1) is 11.4 Å². The predicted molar refractivity (Wildman–Crippen MR) is 212 cm³/mol. The lowest BCUT2D eigenvalue weighted by Gasteiger charge is -2.24. The molecule has 236 valence electrons. The van der Waals surface area contributed by atoms with Crippen molar-refractivity contribution in [2.45, 2.75) is 0 Å². The number of aliphatic imine (C=N–C) groups is 1. The van der Waals surface area contributed by atoms with Crippen molar-refractivity contribution in [3.8, 4) is 55.6 Å². The molecule has 0 aliphatic rings. The van der Waals surface area contributed by atoms with Gasteiger partial charge in [-0.25, -0.2) is 4.99 Å². The van der Waals surface area contributed by atoms with Crippen molar-refractivity contribution in [1.29, 1.82) is 0 Å². The van der Waals surface area contributed by atoms with Crippen LogP contribution < -0.4 is 0 Å². The molecule has 1 heteroatoms. The fraction of sp³-hybridized carbons (Fsp3) is 0. The zero-order valence-electron chi connectivity index (χ0n) is 27.7. The summed E-state index contributed by atoms with van der Waals surface area (Å²) in [5, 5.41) is 0. The molecule has 0 unspecified atom stereocenters. The molecule has 0 aliphatic heterocycles. The minimum atomic E-state index is 0.902. The van der Waals surface area contributed by atoms with E-state index in [0.29, 0.717) is 0 Å². The first-order chi connectivity index (χ1) is 24.8. The average molecular weight is 638 g/mol. The Kier molecular flexibility index (Phi) is 8.78. The number of hydrogen-bond acceptors (Lipinski definition) is 1. The number of nitrogens with zero attached hydrogens (tertiary/aromatic N) is 1. The first-order valence-electron chi connectivity index (χ1n) is 17.1. The maximum absolute atomic E-state index is 5.33. The molecule has 8 aromatic carbocycles. The third-order valence-electron chi connectivity index (χ3n) is 9.09. The van der Waals surface area contributed by atoms with E-state index in [9.17, 15) is 0 Å². The van der Waals surface area contributed by atoms with Crippen molar-refractivity contribution in [2.75, 3.05) is 0 Å². The van der Waals surface area contributed by atoms with Gasteiger partial charge in [-0.3, -0.25) is 0 Å². The molecule has 0 saturated heterocycles. The van der Waals surface area contributed by atoms with Gasteiger partial charge in [0, 0.05) is 11.1 Å². The number of rotatable bonds is 8. The summed E-state index contributed by atoms with van der Waals surface area (Å²) in [6.07, 6.45) is 0. The van der Waals surface area contributed by atoms with Crippen LogP contribution in [0.2, 0.25) is 0 Å². The van der Waals surface area contributed by atoms with Gasteiger partial charge in [0.2, 0.25) is 0 Å². The van der Waals surface area contributed by atoms with Crippen molar-refractivity contribution in [1.82, 2.24) is 0 Å². The van der Waals surface area contributed by atoms with Gasteiger partial charge in [-0.05, 0) is 73.8 Å². The smallest absolute Gasteiger partial charge is 0.0781 e. The van der Waals surface area contributed by atoms with Gasteiger partial charge in [-0.15, -0.1) is 0 Å². The summed E-state index contributed by atoms with van der Waals surface area (Å²) in [6.45, 7) is 0. The Balaban J connectivity index is 1.45. The Morgan fingerprint density at radius 1 is 0.280 bits per heavy atom. The van der Waals surface area contributed by atoms with Crippen LogP contribution in [0.4, 0.5) is 5.69 Å². The minimum absolute atomic E-state index is 0.902. The molecule has 0 radical (unpaired) electrons. The maximum atomic E-state index is 5.33. The van der Waals surface area contributed by atoms with Crippen LogP contribution >= 0.6 is 0 Å². The molecule has 0 amide bonds. The van der Waals surface area contributed by atoms with Crippen LogP contribution in [0.15, 0.2) is 217 Å². The van der Waals surface area contributed by atoms with E-state index < -0.39 is 0 Å². The molecule has 8 rings (SSSR count). The molecule has 0 saturated carbocycles. The largest absolute Gasteiger partial charge is 0.248 e. The van der Waals surface area contributed by atoms with Crippen LogP contribution in [0.3, 0.4) is 0 Å². The van der Waals surface area contributed by atoms with Gasteiger partial charge in [-0.1, -0.05) is 194 Å². The van der Waals surface area contributed by atoms with E-state index >= 15 is 0 Å². The second-order valence-corrected chi connectivity index (χ2v) is 12.3. The zero-order valence-corrected chi connectivity index (χ0v) is 27.7. The Bertz CT molecular complexity index is 2320. The maximum Gasteiger partial charge on any atom is 0.0781 e. The second kappa shape index (κ2) is 14.3. The normalized spacial score (nSPS) is 10.8. The molecular formula is C49H35N. The molecule has 0 aliphatic carbocycles. The third kappa shape index (κ3) is 6.33. The molecule has 0 spiro atoms. The van der Waals surface area contributed by atoms with Gasteiger partial charge >= 0.3 is 0 Å². The van der Waals surface area contributed by atoms with Crippen molar-refractivity contribution in [3.63, 3.8) is 0 Å². The number of benzene rings is 8. The Morgan fingerprint density at radius 3 is 1.10 bits per heavy atom. The summed E-state index contributed by atoms with van der Waals surface area (Å²) in [6, 6.07) is 75.2. The lowest BCUT2D eigenvalue weighted by molar-refractivity contribution is 1.47. The third-order valence-corrected chi connectivity index (χ3v) is 9.09. The van der Waals surface area contributed by atoms with Crippen molar-refractivity contribution >= 4 is 11.4 Å². The molecule has 0 heterocycles. The summed E-state index contributed by atoms with van der Waals surface area (Å²) in [5.74, 6) is 0. The van der Waals surface area contributed by atoms with E-state index in [1.54, 1.807) is 0 Å². The highest BCUT2D eigenvalue weighted by molar-refractivity contribution is 6.14. The molecule has 0 atom stereocenters. The first kappa shape index (κ1) is 30.7. The van der Waals surface area contributed by atoms with E-state index in [2.05, 4.69) is 200 Å². The monoisotopic (exact) mass is 637 g/mol. The highest BCUT2D eigenvalue weighted by Crippen LogP contribution is 2.50. The summed E-state index contributed by atoms with van der Waals surface area (Å²) < 4.78 is 0. The quantitative estimate of drug-likeness (QED) is 0.147. The molecule has 0 N–H and O–H groups in total. The van der Waals surface area contributed by atoms with Crippen LogP contribution in [0, 0.1) is 0 Å². The van der Waals surface area contributed by atoms with Crippen LogP contribution in [-0.2, 0) is 0 Å². The zero-order chi connectivity index (χ0) is 33.5. The molecule has 0 aromatic heterocycles. The SMILES string of the molecule is c1ccc(C(=Nc2cccc(-c3cc(-c4ccccc4)c(-c4ccccc4)c(-c4ccccc4)c3-c3ccccc3)c2)c2ccccc2)cc1. The van der Waals surface area contributed by atoms with Gasteiger partial charge in [0.25, 0.3) is 0 Å². The highest BCUT2D eigenvalue weighted by atomic mass is 14.7. The van der Waals surface area contributed by atoms with Gasteiger partial charge in [0.1, 0.15) is 0 Å². The van der Waals surface area contributed by atoms with Gasteiger partial charge in [-0.2, -0.15) is 0 Å². The lowest BCUT2D eigenvalue weighted by Crippen LogP contribution is -2.02. The summed E-state index contributed by atoms with van der Waals surface area (Å²) in [5.41, 5.74) is 15.8. The molecule has 8 aromatic rings. The molecule has 0 fully saturated rings. The van der Waals surface area contributed by atoms with E-state index in [1.165, 1.54) is 44.5 Å². The molecule has 1 nitrogen and oxygen atoms in total. The molecular weight excluding hydrogens is 603 g/mol. The van der Waals surface area contributed by atoms with Crippen molar-refractivity contribution in [3.05, 3.63) is 223 Å². The van der Waals surface area contributed by atoms with Crippen molar-refractivity contribution < 1.29 is 0 Å². The molecule has 0 bridgehead atoms. The Hall–Kier alpha value is -6.57. The van der Waals surface area contributed by atoms with Gasteiger partial charge < -0.3 is 0 Å². The number of hydrogen-bond donors (Lipinski definition) is 0. The summed E-state index contributed by atoms with van der Waals surface area (Å²) in [4.78, 5) is 5.33. The van der Waals surface area contributed by atoms with Crippen LogP contribution in [0.25, 0.3) is 55.6 Å². The second-order valence-electron chi connectivity index (χ2n) is 12.3. The average Bonchev–Trinajstić information content (AvgIpc) is 3.21. The van der Waals surface area contributed by atoms with E-state index in [4.69, 9.17) is 4.99 Å². The fourth-order valence-electron chi connectivity index (χ4n) is 6.82. The molecule has 50 heavy (non-hydrogen) atoms. The first-order valence-corrected chi connectivity index (χ1v) is 17.1. The minimum Gasteiger partial charge on any atom is -0.248 e. The van der Waals surface area contributed by atoms with Crippen LogP contribution in [0.5, 0.6) is 0 Å². The van der Waals surface area contributed by atoms with E-state index in [-0.39, 0.29) is 0 Å². The Labute approximate surface area is 294 Å². The predicted octanol–water partition coefficient (Wildman–Crippen LogP) is 13.2. The van der Waals surface area contributed by atoms with E-state index in [1.807, 2.05) is 12.1 Å². The van der Waals surface area contributed by atoms with Crippen LogP contribution in [0.1, 0.15) is 11.1 Å². The highest BCUT2D eigenvalue weighted by Gasteiger charge is 2.23. The Morgan fingerprint density at radius 2 is 0.640 bits per heavy atom. The fourth-order valence-corrected chi connectivity index (χ4v) is 6.82. The van der Waals surface area contributed by atoms with Gasteiger partial charge in [0.15, 0.2) is 0 Å². The van der Waals surface area contributed by atoms with Crippen molar-refractivity contribution in [2.24, 2.45) is 4.99 Å². The summed E-state index contributed by atoms with van der Waals surface area (Å²) >= 11 is 0. The van der Waals surface area contributed by atoms with E-state index in [0.717, 1.165) is 33.7 Å². The standard InChI is InChI=1S/C49H35N/c1-7-20-36(21-8-1)44-35-45(42-32-19-33-43(34-42)50-49(40-28-15-5-16-29-40)41-30-17-6-18-31-41)47(38-24-11-3-12-25-38)48(39-26-13-4-14-27-39)46(44)37-22-9-2-10-23-37/h1-35H.